The van der Waals surface area contributed by atoms with Crippen LogP contribution in [-0.2, 0) is 27.6 Å². The summed E-state index contributed by atoms with van der Waals surface area (Å²) in [5, 5.41) is 17.8. The second-order valence-electron chi connectivity index (χ2n) is 7.17. The van der Waals surface area contributed by atoms with Gasteiger partial charge < -0.3 is 9.67 Å². The monoisotopic (exact) mass is 422 g/mol. The van der Waals surface area contributed by atoms with Crippen molar-refractivity contribution in [3.05, 3.63) is 58.5 Å². The molecule has 1 aromatic heterocycles. The highest BCUT2D eigenvalue weighted by atomic mass is 32.2. The number of aromatic nitrogens is 1. The summed E-state index contributed by atoms with van der Waals surface area (Å²) in [6.45, 7) is 1.35. The summed E-state index contributed by atoms with van der Waals surface area (Å²) in [6, 6.07) is 10.9. The van der Waals surface area contributed by atoms with E-state index in [2.05, 4.69) is 0 Å². The predicted molar refractivity (Wildman–Crippen MR) is 109 cm³/mol. The van der Waals surface area contributed by atoms with E-state index in [1.54, 1.807) is 12.3 Å². The van der Waals surface area contributed by atoms with Gasteiger partial charge in [-0.2, -0.15) is 0 Å². The van der Waals surface area contributed by atoms with Crippen molar-refractivity contribution in [1.29, 1.82) is 0 Å². The Kier molecular flexibility index (Phi) is 7.34. The molecular formula is C20H26N2O6S. The Morgan fingerprint density at radius 1 is 1.17 bits per heavy atom. The van der Waals surface area contributed by atoms with Crippen LogP contribution in [0.15, 0.2) is 47.4 Å². The summed E-state index contributed by atoms with van der Waals surface area (Å²) in [6.07, 6.45) is 3.77. The highest BCUT2D eigenvalue weighted by Gasteiger charge is 2.43. The van der Waals surface area contributed by atoms with E-state index in [0.29, 0.717) is 6.42 Å². The van der Waals surface area contributed by atoms with Crippen LogP contribution in [-0.4, -0.2) is 46.8 Å². The van der Waals surface area contributed by atoms with Gasteiger partial charge in [0.25, 0.3) is 11.5 Å². The summed E-state index contributed by atoms with van der Waals surface area (Å²) in [5.41, 5.74) is 3.75. The second-order valence-corrected chi connectivity index (χ2v) is 9.61. The minimum atomic E-state index is -3.82. The number of amides is 1. The van der Waals surface area contributed by atoms with E-state index in [1.165, 1.54) is 23.0 Å². The molecule has 2 aromatic rings. The molecule has 1 heterocycles. The first-order chi connectivity index (χ1) is 13.6. The number of aliphatic hydroxyl groups excluding tert-OH is 1. The summed E-state index contributed by atoms with van der Waals surface area (Å²) in [7, 11) is -3.82. The van der Waals surface area contributed by atoms with Crippen LogP contribution in [0, 0.1) is 0 Å². The van der Waals surface area contributed by atoms with Gasteiger partial charge in [0.1, 0.15) is 0 Å². The summed E-state index contributed by atoms with van der Waals surface area (Å²) in [4.78, 5) is 24.3. The lowest BCUT2D eigenvalue weighted by Gasteiger charge is -2.25. The molecule has 1 aromatic carbocycles. The molecule has 1 atom stereocenters. The molecule has 0 radical (unpaired) electrons. The van der Waals surface area contributed by atoms with Crippen molar-refractivity contribution in [2.45, 2.75) is 37.5 Å². The van der Waals surface area contributed by atoms with Crippen LogP contribution in [0.2, 0.25) is 0 Å². The standard InChI is InChI=1S/C20H26N2O6S/c1-20(19(25)21-26,29(2,27)28)10-12-22-11-9-17(14-18(22)24)16-7-5-15(6-8-16)4-3-13-23/h5-9,11,14,23,26H,3-4,10,12-13H2,1-2H3,(H,21,25). The minimum absolute atomic E-state index is 0.00377. The number of hydrogen-bond donors (Lipinski definition) is 3. The molecule has 29 heavy (non-hydrogen) atoms. The normalized spacial score (nSPS) is 13.7. The Balaban J connectivity index is 2.19. The first kappa shape index (κ1) is 22.8. The number of nitrogens with one attached hydrogen (secondary N) is 1. The van der Waals surface area contributed by atoms with Crippen LogP contribution >= 0.6 is 0 Å². The maximum Gasteiger partial charge on any atom is 0.264 e. The maximum atomic E-state index is 12.5. The van der Waals surface area contributed by atoms with Crippen LogP contribution < -0.4 is 11.0 Å². The number of rotatable bonds is 9. The number of carbonyl (C=O) groups is 1. The number of hydroxylamine groups is 1. The van der Waals surface area contributed by atoms with Gasteiger partial charge in [-0.05, 0) is 48.9 Å². The topological polar surface area (TPSA) is 126 Å². The number of carbonyl (C=O) groups excluding carboxylic acids is 1. The molecule has 0 saturated carbocycles. The molecule has 158 valence electrons. The van der Waals surface area contributed by atoms with Crippen LogP contribution in [0.3, 0.4) is 0 Å². The predicted octanol–water partition coefficient (Wildman–Crippen LogP) is 1.14. The van der Waals surface area contributed by atoms with Crippen LogP contribution in [0.4, 0.5) is 0 Å². The van der Waals surface area contributed by atoms with Crippen LogP contribution in [0.1, 0.15) is 25.3 Å². The first-order valence-corrected chi connectivity index (χ1v) is 11.1. The number of aryl methyl sites for hydroxylation is 2. The Morgan fingerprint density at radius 3 is 2.34 bits per heavy atom. The number of pyridine rings is 1. The van der Waals surface area contributed by atoms with E-state index in [0.717, 1.165) is 29.4 Å². The average Bonchev–Trinajstić information content (AvgIpc) is 2.69. The summed E-state index contributed by atoms with van der Waals surface area (Å²) >= 11 is 0. The molecule has 8 nitrogen and oxygen atoms in total. The third-order valence-corrected chi connectivity index (χ3v) is 7.16. The number of benzene rings is 1. The third-order valence-electron chi connectivity index (χ3n) is 5.14. The molecule has 1 amide bonds. The molecule has 0 fully saturated rings. The van der Waals surface area contributed by atoms with Crippen molar-refractivity contribution in [1.82, 2.24) is 10.0 Å². The average molecular weight is 423 g/mol. The van der Waals surface area contributed by atoms with E-state index in [4.69, 9.17) is 10.3 Å². The second kappa shape index (κ2) is 9.34. The SMILES string of the molecule is CC(CCn1ccc(-c2ccc(CCCO)cc2)cc1=O)(C(=O)NO)S(C)(=O)=O. The number of aliphatic hydroxyl groups is 1. The molecule has 9 heteroatoms. The Labute approximate surface area is 169 Å². The molecular weight excluding hydrogens is 396 g/mol. The van der Waals surface area contributed by atoms with Gasteiger partial charge >= 0.3 is 0 Å². The third kappa shape index (κ3) is 5.31. The molecule has 1 unspecified atom stereocenters. The van der Waals surface area contributed by atoms with Gasteiger partial charge in [-0.3, -0.25) is 14.8 Å². The largest absolute Gasteiger partial charge is 0.396 e. The van der Waals surface area contributed by atoms with E-state index >= 15 is 0 Å². The molecule has 0 aliphatic rings. The van der Waals surface area contributed by atoms with Gasteiger partial charge in [-0.1, -0.05) is 24.3 Å². The van der Waals surface area contributed by atoms with Crippen LogP contribution in [0.25, 0.3) is 11.1 Å². The van der Waals surface area contributed by atoms with Crippen molar-refractivity contribution in [3.63, 3.8) is 0 Å². The summed E-state index contributed by atoms with van der Waals surface area (Å²) in [5.74, 6) is -1.04. The van der Waals surface area contributed by atoms with Crippen molar-refractivity contribution < 1.29 is 23.5 Å². The highest BCUT2D eigenvalue weighted by Crippen LogP contribution is 2.23. The zero-order valence-electron chi connectivity index (χ0n) is 16.5. The number of nitrogens with zero attached hydrogens (tertiary/aromatic N) is 1. The Morgan fingerprint density at radius 2 is 1.83 bits per heavy atom. The van der Waals surface area contributed by atoms with E-state index in [1.807, 2.05) is 24.3 Å². The first-order valence-electron chi connectivity index (χ1n) is 9.17. The molecule has 3 N–H and O–H groups in total. The maximum absolute atomic E-state index is 12.5. The van der Waals surface area contributed by atoms with E-state index in [9.17, 15) is 18.0 Å². The van der Waals surface area contributed by atoms with Gasteiger partial charge in [-0.15, -0.1) is 0 Å². The molecule has 0 spiro atoms. The highest BCUT2D eigenvalue weighted by molar-refractivity contribution is 7.92. The lowest BCUT2D eigenvalue weighted by molar-refractivity contribution is -0.131. The fourth-order valence-corrected chi connectivity index (χ4v) is 3.78. The van der Waals surface area contributed by atoms with Gasteiger partial charge in [0, 0.05) is 31.7 Å². The quantitative estimate of drug-likeness (QED) is 0.411. The fourth-order valence-electron chi connectivity index (χ4n) is 2.94. The van der Waals surface area contributed by atoms with Crippen molar-refractivity contribution in [3.8, 4) is 11.1 Å². The Hall–Kier alpha value is -2.49. The number of hydrogen-bond acceptors (Lipinski definition) is 6. The Bertz CT molecular complexity index is 1010. The number of sulfone groups is 1. The molecule has 0 bridgehead atoms. The minimum Gasteiger partial charge on any atom is -0.396 e. The summed E-state index contributed by atoms with van der Waals surface area (Å²) < 4.78 is 23.5. The van der Waals surface area contributed by atoms with E-state index < -0.39 is 20.5 Å². The molecule has 0 saturated heterocycles. The lowest BCUT2D eigenvalue weighted by Crippen LogP contribution is -2.49. The molecule has 0 aliphatic carbocycles. The van der Waals surface area contributed by atoms with Gasteiger partial charge in [-0.25, -0.2) is 13.9 Å². The molecule has 2 rings (SSSR count). The zero-order valence-corrected chi connectivity index (χ0v) is 17.3. The van der Waals surface area contributed by atoms with Crippen molar-refractivity contribution >= 4 is 15.7 Å². The smallest absolute Gasteiger partial charge is 0.264 e. The van der Waals surface area contributed by atoms with E-state index in [-0.39, 0.29) is 25.1 Å². The lowest BCUT2D eigenvalue weighted by atomic mass is 10.0. The zero-order chi connectivity index (χ0) is 21.7. The van der Waals surface area contributed by atoms with Crippen molar-refractivity contribution in [2.24, 2.45) is 0 Å². The van der Waals surface area contributed by atoms with Gasteiger partial charge in [0.2, 0.25) is 0 Å². The molecule has 0 aliphatic heterocycles. The van der Waals surface area contributed by atoms with Crippen LogP contribution in [0.5, 0.6) is 0 Å². The van der Waals surface area contributed by atoms with Crippen molar-refractivity contribution in [2.75, 3.05) is 12.9 Å². The fraction of sp³-hybridized carbons (Fsp3) is 0.400. The van der Waals surface area contributed by atoms with Gasteiger partial charge in [0.15, 0.2) is 14.6 Å². The van der Waals surface area contributed by atoms with Gasteiger partial charge in [0.05, 0.1) is 0 Å².